The molecular formula is C17H30F2N2O3S. The second kappa shape index (κ2) is 7.02. The van der Waals surface area contributed by atoms with Crippen molar-refractivity contribution in [2.45, 2.75) is 63.6 Å². The number of ether oxygens (including phenoxy) is 1. The number of nitrogens with zero attached hydrogens (tertiary/aromatic N) is 2. The SMILES string of the molecule is CC(C)CS(=O)(=O)N1CCC2(CC1)C[C@@H](CN1CCC(F)(F)CC1)O2. The number of sulfonamides is 1. The van der Waals surface area contributed by atoms with E-state index in [9.17, 15) is 17.2 Å². The van der Waals surface area contributed by atoms with Crippen molar-refractivity contribution in [1.29, 1.82) is 0 Å². The van der Waals surface area contributed by atoms with E-state index in [1.807, 2.05) is 13.8 Å². The first-order chi connectivity index (χ1) is 11.6. The van der Waals surface area contributed by atoms with Gasteiger partial charge in [-0.15, -0.1) is 0 Å². The van der Waals surface area contributed by atoms with Gasteiger partial charge in [-0.3, -0.25) is 0 Å². The Labute approximate surface area is 149 Å². The minimum atomic E-state index is -3.17. The maximum atomic E-state index is 13.2. The lowest BCUT2D eigenvalue weighted by Gasteiger charge is -2.53. The highest BCUT2D eigenvalue weighted by Gasteiger charge is 2.49. The Hall–Kier alpha value is -0.310. The molecule has 0 aromatic heterocycles. The largest absolute Gasteiger partial charge is 0.370 e. The van der Waals surface area contributed by atoms with Gasteiger partial charge in [-0.2, -0.15) is 0 Å². The molecule has 3 fully saturated rings. The average molecular weight is 381 g/mol. The molecule has 0 aromatic carbocycles. The summed E-state index contributed by atoms with van der Waals surface area (Å²) in [6.07, 6.45) is 2.36. The molecular weight excluding hydrogens is 350 g/mol. The fourth-order valence-electron chi connectivity index (χ4n) is 4.23. The average Bonchev–Trinajstić information content (AvgIpc) is 2.47. The molecule has 3 saturated heterocycles. The van der Waals surface area contributed by atoms with Crippen molar-refractivity contribution < 1.29 is 21.9 Å². The predicted octanol–water partition coefficient (Wildman–Crippen LogP) is 2.33. The third kappa shape index (κ3) is 4.70. The molecule has 25 heavy (non-hydrogen) atoms. The summed E-state index contributed by atoms with van der Waals surface area (Å²) in [5.74, 6) is -2.18. The molecule has 3 aliphatic rings. The molecule has 0 bridgehead atoms. The monoisotopic (exact) mass is 380 g/mol. The first-order valence-corrected chi connectivity index (χ1v) is 11.0. The number of hydrogen-bond donors (Lipinski definition) is 0. The van der Waals surface area contributed by atoms with E-state index in [1.54, 1.807) is 4.31 Å². The summed E-state index contributed by atoms with van der Waals surface area (Å²) in [7, 11) is -3.17. The third-order valence-electron chi connectivity index (χ3n) is 5.64. The molecule has 0 aromatic rings. The van der Waals surface area contributed by atoms with Crippen molar-refractivity contribution in [3.05, 3.63) is 0 Å². The van der Waals surface area contributed by atoms with Gasteiger partial charge < -0.3 is 9.64 Å². The van der Waals surface area contributed by atoms with Gasteiger partial charge in [-0.05, 0) is 18.8 Å². The van der Waals surface area contributed by atoms with Crippen LogP contribution in [-0.4, -0.2) is 73.7 Å². The van der Waals surface area contributed by atoms with Crippen LogP contribution in [0.1, 0.15) is 46.0 Å². The van der Waals surface area contributed by atoms with Gasteiger partial charge in [0.15, 0.2) is 0 Å². The third-order valence-corrected chi connectivity index (χ3v) is 7.88. The van der Waals surface area contributed by atoms with Crippen LogP contribution in [0.4, 0.5) is 8.78 Å². The molecule has 8 heteroatoms. The van der Waals surface area contributed by atoms with Crippen LogP contribution in [0, 0.1) is 5.92 Å². The molecule has 0 unspecified atom stereocenters. The second-order valence-electron chi connectivity index (χ2n) is 8.36. The zero-order valence-electron chi connectivity index (χ0n) is 15.2. The minimum Gasteiger partial charge on any atom is -0.370 e. The summed E-state index contributed by atoms with van der Waals surface area (Å²) in [6, 6.07) is 0. The molecule has 5 nitrogen and oxygen atoms in total. The molecule has 0 N–H and O–H groups in total. The summed E-state index contributed by atoms with van der Waals surface area (Å²) in [5.41, 5.74) is -0.186. The molecule has 0 saturated carbocycles. The number of alkyl halides is 2. The molecule has 0 aliphatic carbocycles. The Morgan fingerprint density at radius 1 is 1.08 bits per heavy atom. The van der Waals surface area contributed by atoms with E-state index in [0.717, 1.165) is 19.3 Å². The van der Waals surface area contributed by atoms with E-state index in [-0.39, 0.29) is 36.2 Å². The number of piperidine rings is 2. The lowest BCUT2D eigenvalue weighted by Crippen LogP contribution is -2.60. The molecule has 3 heterocycles. The fraction of sp³-hybridized carbons (Fsp3) is 1.00. The number of halogens is 2. The Morgan fingerprint density at radius 2 is 1.64 bits per heavy atom. The highest BCUT2D eigenvalue weighted by molar-refractivity contribution is 7.89. The minimum absolute atomic E-state index is 0.0620. The number of likely N-dealkylation sites (tertiary alicyclic amines) is 1. The van der Waals surface area contributed by atoms with E-state index in [1.165, 1.54) is 0 Å². The predicted molar refractivity (Wildman–Crippen MR) is 92.3 cm³/mol. The summed E-state index contributed by atoms with van der Waals surface area (Å²) in [5, 5.41) is 0. The first-order valence-electron chi connectivity index (χ1n) is 9.35. The van der Waals surface area contributed by atoms with Gasteiger partial charge in [0.2, 0.25) is 10.0 Å². The van der Waals surface area contributed by atoms with E-state index in [0.29, 0.717) is 32.7 Å². The van der Waals surface area contributed by atoms with Crippen LogP contribution in [0.2, 0.25) is 0 Å². The first kappa shape index (κ1) is 19.5. The van der Waals surface area contributed by atoms with Crippen LogP contribution >= 0.6 is 0 Å². The van der Waals surface area contributed by atoms with Crippen LogP contribution in [0.25, 0.3) is 0 Å². The Bertz CT molecular complexity index is 556. The van der Waals surface area contributed by atoms with Gasteiger partial charge in [-0.1, -0.05) is 13.8 Å². The Morgan fingerprint density at radius 3 is 2.16 bits per heavy atom. The quantitative estimate of drug-likeness (QED) is 0.735. The van der Waals surface area contributed by atoms with E-state index in [4.69, 9.17) is 4.74 Å². The fourth-order valence-corrected chi connectivity index (χ4v) is 6.02. The highest BCUT2D eigenvalue weighted by atomic mass is 32.2. The van der Waals surface area contributed by atoms with Gasteiger partial charge in [0.1, 0.15) is 0 Å². The van der Waals surface area contributed by atoms with Gasteiger partial charge >= 0.3 is 0 Å². The molecule has 3 aliphatic heterocycles. The van der Waals surface area contributed by atoms with Gasteiger partial charge in [-0.25, -0.2) is 21.5 Å². The van der Waals surface area contributed by atoms with Crippen molar-refractivity contribution in [2.24, 2.45) is 5.92 Å². The van der Waals surface area contributed by atoms with Crippen molar-refractivity contribution in [3.8, 4) is 0 Å². The van der Waals surface area contributed by atoms with E-state index < -0.39 is 15.9 Å². The maximum absolute atomic E-state index is 13.2. The van der Waals surface area contributed by atoms with E-state index >= 15 is 0 Å². The van der Waals surface area contributed by atoms with Gasteiger partial charge in [0.05, 0.1) is 17.5 Å². The Kier molecular flexibility index (Phi) is 5.46. The van der Waals surface area contributed by atoms with Crippen molar-refractivity contribution in [2.75, 3.05) is 38.5 Å². The highest BCUT2D eigenvalue weighted by Crippen LogP contribution is 2.42. The van der Waals surface area contributed by atoms with Crippen LogP contribution in [0.5, 0.6) is 0 Å². The number of rotatable bonds is 5. The van der Waals surface area contributed by atoms with Crippen molar-refractivity contribution in [1.82, 2.24) is 9.21 Å². The van der Waals surface area contributed by atoms with Crippen molar-refractivity contribution >= 4 is 10.0 Å². The zero-order valence-corrected chi connectivity index (χ0v) is 16.0. The standard InChI is InChI=1S/C17H30F2N2O3S/c1-14(2)13-25(22,23)21-9-3-16(4-10-21)11-15(24-16)12-20-7-5-17(18,19)6-8-20/h14-15H,3-13H2,1-2H3/t15-/m0/s1. The second-order valence-corrected chi connectivity index (χ2v) is 10.4. The summed E-state index contributed by atoms with van der Waals surface area (Å²) in [4.78, 5) is 2.07. The van der Waals surface area contributed by atoms with Crippen molar-refractivity contribution in [3.63, 3.8) is 0 Å². The maximum Gasteiger partial charge on any atom is 0.250 e. The van der Waals surface area contributed by atoms with Crippen LogP contribution in [0.15, 0.2) is 0 Å². The number of hydrogen-bond acceptors (Lipinski definition) is 4. The molecule has 3 rings (SSSR count). The summed E-state index contributed by atoms with van der Waals surface area (Å²) in [6.45, 7) is 6.46. The normalized spacial score (nSPS) is 30.5. The van der Waals surface area contributed by atoms with Crippen LogP contribution in [-0.2, 0) is 14.8 Å². The zero-order chi connectivity index (χ0) is 18.3. The molecule has 1 atom stereocenters. The molecule has 0 radical (unpaired) electrons. The summed E-state index contributed by atoms with van der Waals surface area (Å²) >= 11 is 0. The molecule has 0 amide bonds. The van der Waals surface area contributed by atoms with Gasteiger partial charge in [0, 0.05) is 52.0 Å². The van der Waals surface area contributed by atoms with E-state index in [2.05, 4.69) is 4.90 Å². The lowest BCUT2D eigenvalue weighted by molar-refractivity contribution is -0.228. The van der Waals surface area contributed by atoms with Gasteiger partial charge in [0.25, 0.3) is 5.92 Å². The summed E-state index contributed by atoms with van der Waals surface area (Å²) < 4.78 is 58.7. The smallest absolute Gasteiger partial charge is 0.250 e. The molecule has 1 spiro atoms. The van der Waals surface area contributed by atoms with Crippen LogP contribution < -0.4 is 0 Å². The topological polar surface area (TPSA) is 49.9 Å². The lowest BCUT2D eigenvalue weighted by atomic mass is 9.81. The molecule has 146 valence electrons. The Balaban J connectivity index is 1.41. The van der Waals surface area contributed by atoms with Crippen LogP contribution in [0.3, 0.4) is 0 Å².